The molecule has 2 aromatic heterocycles. The van der Waals surface area contributed by atoms with Crippen molar-refractivity contribution < 1.29 is 4.39 Å². The molecule has 0 aliphatic rings. The van der Waals surface area contributed by atoms with Crippen LogP contribution in [0.4, 0.5) is 10.2 Å². The average Bonchev–Trinajstić information content (AvgIpc) is 2.57. The van der Waals surface area contributed by atoms with Crippen LogP contribution in [-0.2, 0) is 0 Å². The van der Waals surface area contributed by atoms with Gasteiger partial charge in [-0.3, -0.25) is 4.98 Å². The highest BCUT2D eigenvalue weighted by Gasteiger charge is 2.11. The van der Waals surface area contributed by atoms with E-state index < -0.39 is 0 Å². The van der Waals surface area contributed by atoms with Crippen molar-refractivity contribution >= 4 is 5.82 Å². The Morgan fingerprint density at radius 1 is 1.08 bits per heavy atom. The number of aryl methyl sites for hydroxylation is 2. The minimum atomic E-state index is -0.198. The summed E-state index contributed by atoms with van der Waals surface area (Å²) in [5.74, 6) is 1.12. The number of anilines is 1. The summed E-state index contributed by atoms with van der Waals surface area (Å²) >= 11 is 0. The molecule has 2 heterocycles. The van der Waals surface area contributed by atoms with Crippen LogP contribution in [0.1, 0.15) is 29.8 Å². The summed E-state index contributed by atoms with van der Waals surface area (Å²) in [6.45, 7) is 5.65. The van der Waals surface area contributed by atoms with Gasteiger partial charge in [-0.2, -0.15) is 0 Å². The molecule has 0 saturated heterocycles. The molecular formula is C19H19FN4. The maximum Gasteiger partial charge on any atom is 0.163 e. The molecule has 0 radical (unpaired) electrons. The molecule has 0 fully saturated rings. The number of nitrogens with one attached hydrogen (secondary N) is 1. The zero-order chi connectivity index (χ0) is 17.1. The fraction of sp³-hybridized carbons (Fsp3) is 0.211. The van der Waals surface area contributed by atoms with E-state index in [1.807, 2.05) is 38.1 Å². The Morgan fingerprint density at radius 2 is 1.92 bits per heavy atom. The first-order chi connectivity index (χ1) is 11.5. The minimum absolute atomic E-state index is 0.0730. The van der Waals surface area contributed by atoms with Crippen LogP contribution in [-0.4, -0.2) is 15.0 Å². The Morgan fingerprint density at radius 3 is 2.62 bits per heavy atom. The SMILES string of the molecule is Cc1cc(NC(C)c2ccc(C)c(F)c2)nc(-c2cccnc2)n1. The zero-order valence-corrected chi connectivity index (χ0v) is 13.9. The van der Waals surface area contributed by atoms with Gasteiger partial charge in [0.15, 0.2) is 5.82 Å². The van der Waals surface area contributed by atoms with Crippen molar-refractivity contribution in [1.82, 2.24) is 15.0 Å². The molecule has 0 bridgehead atoms. The van der Waals surface area contributed by atoms with Crippen LogP contribution in [0.5, 0.6) is 0 Å². The molecule has 24 heavy (non-hydrogen) atoms. The number of halogens is 1. The lowest BCUT2D eigenvalue weighted by atomic mass is 10.1. The van der Waals surface area contributed by atoms with Gasteiger partial charge in [-0.15, -0.1) is 0 Å². The predicted octanol–water partition coefficient (Wildman–Crippen LogP) is 4.47. The highest BCUT2D eigenvalue weighted by atomic mass is 19.1. The standard InChI is InChI=1S/C19H19FN4/c1-12-6-7-15(10-17(12)20)14(3)23-18-9-13(2)22-19(24-18)16-5-4-8-21-11-16/h4-11,14H,1-3H3,(H,22,23,24). The van der Waals surface area contributed by atoms with Gasteiger partial charge >= 0.3 is 0 Å². The first-order valence-corrected chi connectivity index (χ1v) is 7.81. The largest absolute Gasteiger partial charge is 0.363 e. The van der Waals surface area contributed by atoms with Crippen LogP contribution < -0.4 is 5.32 Å². The first kappa shape index (κ1) is 16.1. The monoisotopic (exact) mass is 322 g/mol. The molecule has 1 N–H and O–H groups in total. The predicted molar refractivity (Wildman–Crippen MR) is 93.2 cm³/mol. The maximum atomic E-state index is 13.8. The van der Waals surface area contributed by atoms with E-state index in [9.17, 15) is 4.39 Å². The maximum absolute atomic E-state index is 13.8. The molecule has 3 aromatic rings. The van der Waals surface area contributed by atoms with E-state index in [2.05, 4.69) is 20.3 Å². The first-order valence-electron chi connectivity index (χ1n) is 7.81. The summed E-state index contributed by atoms with van der Waals surface area (Å²) in [5.41, 5.74) is 3.23. The molecule has 0 aliphatic heterocycles. The van der Waals surface area contributed by atoms with E-state index in [1.165, 1.54) is 0 Å². The normalized spacial score (nSPS) is 12.0. The highest BCUT2D eigenvalue weighted by molar-refractivity contribution is 5.56. The summed E-state index contributed by atoms with van der Waals surface area (Å²) in [7, 11) is 0. The van der Waals surface area contributed by atoms with Crippen molar-refractivity contribution in [2.24, 2.45) is 0 Å². The molecule has 3 rings (SSSR count). The quantitative estimate of drug-likeness (QED) is 0.770. The van der Waals surface area contributed by atoms with E-state index in [0.29, 0.717) is 17.2 Å². The van der Waals surface area contributed by atoms with E-state index in [4.69, 9.17) is 0 Å². The van der Waals surface area contributed by atoms with Crippen molar-refractivity contribution in [3.05, 3.63) is 71.4 Å². The lowest BCUT2D eigenvalue weighted by molar-refractivity contribution is 0.614. The van der Waals surface area contributed by atoms with Gasteiger partial charge in [0.2, 0.25) is 0 Å². The summed E-state index contributed by atoms with van der Waals surface area (Å²) in [5, 5.41) is 3.32. The second-order valence-corrected chi connectivity index (χ2v) is 5.83. The lowest BCUT2D eigenvalue weighted by Gasteiger charge is -2.16. The number of benzene rings is 1. The van der Waals surface area contributed by atoms with Crippen LogP contribution in [0.3, 0.4) is 0 Å². The summed E-state index contributed by atoms with van der Waals surface area (Å²) < 4.78 is 13.8. The Balaban J connectivity index is 1.87. The third-order valence-electron chi connectivity index (χ3n) is 3.83. The van der Waals surface area contributed by atoms with Crippen molar-refractivity contribution in [2.45, 2.75) is 26.8 Å². The average molecular weight is 322 g/mol. The van der Waals surface area contributed by atoms with Gasteiger partial charge in [-0.25, -0.2) is 14.4 Å². The Labute approximate surface area is 140 Å². The summed E-state index contributed by atoms with van der Waals surface area (Å²) in [6.07, 6.45) is 3.45. The summed E-state index contributed by atoms with van der Waals surface area (Å²) in [6, 6.07) is 10.8. The van der Waals surface area contributed by atoms with E-state index in [-0.39, 0.29) is 11.9 Å². The zero-order valence-electron chi connectivity index (χ0n) is 13.9. The molecule has 0 aliphatic carbocycles. The Hall–Kier alpha value is -2.82. The fourth-order valence-corrected chi connectivity index (χ4v) is 2.45. The van der Waals surface area contributed by atoms with Gasteiger partial charge in [-0.05, 0) is 50.1 Å². The summed E-state index contributed by atoms with van der Waals surface area (Å²) in [4.78, 5) is 13.1. The minimum Gasteiger partial charge on any atom is -0.363 e. The number of pyridine rings is 1. The van der Waals surface area contributed by atoms with Crippen molar-refractivity contribution in [3.8, 4) is 11.4 Å². The van der Waals surface area contributed by atoms with Gasteiger partial charge in [0, 0.05) is 29.7 Å². The second-order valence-electron chi connectivity index (χ2n) is 5.83. The van der Waals surface area contributed by atoms with Crippen LogP contribution >= 0.6 is 0 Å². The van der Waals surface area contributed by atoms with Crippen LogP contribution in [0.25, 0.3) is 11.4 Å². The van der Waals surface area contributed by atoms with Crippen molar-refractivity contribution in [1.29, 1.82) is 0 Å². The molecular weight excluding hydrogens is 303 g/mol. The lowest BCUT2D eigenvalue weighted by Crippen LogP contribution is -2.09. The molecule has 122 valence electrons. The van der Waals surface area contributed by atoms with Crippen molar-refractivity contribution in [3.63, 3.8) is 0 Å². The number of hydrogen-bond donors (Lipinski definition) is 1. The molecule has 0 amide bonds. The number of nitrogens with zero attached hydrogens (tertiary/aromatic N) is 3. The third kappa shape index (κ3) is 3.56. The molecule has 4 nitrogen and oxygen atoms in total. The van der Waals surface area contributed by atoms with Gasteiger partial charge in [0.25, 0.3) is 0 Å². The van der Waals surface area contributed by atoms with E-state index in [0.717, 1.165) is 16.8 Å². The fourth-order valence-electron chi connectivity index (χ4n) is 2.45. The third-order valence-corrected chi connectivity index (χ3v) is 3.83. The number of hydrogen-bond acceptors (Lipinski definition) is 4. The smallest absolute Gasteiger partial charge is 0.163 e. The molecule has 1 unspecified atom stereocenters. The molecule has 1 atom stereocenters. The topological polar surface area (TPSA) is 50.7 Å². The van der Waals surface area contributed by atoms with E-state index in [1.54, 1.807) is 31.5 Å². The van der Waals surface area contributed by atoms with Crippen LogP contribution in [0, 0.1) is 19.7 Å². The van der Waals surface area contributed by atoms with Crippen molar-refractivity contribution in [2.75, 3.05) is 5.32 Å². The van der Waals surface area contributed by atoms with Gasteiger partial charge in [0.1, 0.15) is 11.6 Å². The second kappa shape index (κ2) is 6.74. The highest BCUT2D eigenvalue weighted by Crippen LogP contribution is 2.22. The number of aromatic nitrogens is 3. The van der Waals surface area contributed by atoms with Gasteiger partial charge in [0.05, 0.1) is 6.04 Å². The molecule has 0 saturated carbocycles. The Kier molecular flexibility index (Phi) is 4.51. The molecule has 0 spiro atoms. The Bertz CT molecular complexity index is 849. The molecule has 1 aromatic carbocycles. The van der Waals surface area contributed by atoms with Gasteiger partial charge in [-0.1, -0.05) is 12.1 Å². The van der Waals surface area contributed by atoms with Gasteiger partial charge < -0.3 is 5.32 Å². The number of rotatable bonds is 4. The van der Waals surface area contributed by atoms with Crippen LogP contribution in [0.2, 0.25) is 0 Å². The van der Waals surface area contributed by atoms with Crippen LogP contribution in [0.15, 0.2) is 48.8 Å². The van der Waals surface area contributed by atoms with E-state index >= 15 is 0 Å². The molecule has 5 heteroatoms.